The number of rotatable bonds is 3. The molecule has 150 valence electrons. The lowest BCUT2D eigenvalue weighted by atomic mass is 9.84. The molecule has 3 heterocycles. The molecule has 1 amide bonds. The molecule has 0 saturated carbocycles. The number of fused-ring (bicyclic) bond motifs is 2. The fourth-order valence-electron chi connectivity index (χ4n) is 5.10. The Hall–Kier alpha value is -2.86. The summed E-state index contributed by atoms with van der Waals surface area (Å²) in [4.78, 5) is 27.7. The quantitative estimate of drug-likeness (QED) is 0.602. The van der Waals surface area contributed by atoms with Gasteiger partial charge >= 0.3 is 5.97 Å². The lowest BCUT2D eigenvalue weighted by molar-refractivity contribution is -0.110. The first-order chi connectivity index (χ1) is 14.1. The maximum atomic E-state index is 12.9. The zero-order chi connectivity index (χ0) is 20.0. The van der Waals surface area contributed by atoms with Crippen molar-refractivity contribution >= 4 is 29.2 Å². The first kappa shape index (κ1) is 18.2. The van der Waals surface area contributed by atoms with Gasteiger partial charge in [-0.15, -0.1) is 0 Å². The van der Waals surface area contributed by atoms with Crippen molar-refractivity contribution in [2.75, 3.05) is 18.4 Å². The molecule has 2 aliphatic heterocycles. The number of aromatic carboxylic acids is 1. The van der Waals surface area contributed by atoms with Gasteiger partial charge < -0.3 is 20.7 Å². The van der Waals surface area contributed by atoms with Gasteiger partial charge in [0.25, 0.3) is 5.91 Å². The van der Waals surface area contributed by atoms with E-state index < -0.39 is 5.97 Å². The molecule has 5 rings (SSSR count). The standard InChI is InChI=1S/C23H25N3O3/c27-22-17(12-19-15-4-1-2-5-16(15)21(25-19)23(28)29)20-14(6-3-7-18(20)26-22)13-8-10-24-11-9-13/h3,6-7,12-13,24-25H,1-2,4-5,8-11H2,(H,26,27)(H,28,29). The minimum atomic E-state index is -0.931. The van der Waals surface area contributed by atoms with E-state index in [4.69, 9.17) is 0 Å². The van der Waals surface area contributed by atoms with Crippen LogP contribution in [-0.2, 0) is 17.6 Å². The summed E-state index contributed by atoms with van der Waals surface area (Å²) in [5.41, 5.74) is 6.71. The Morgan fingerprint density at radius 3 is 2.62 bits per heavy atom. The number of anilines is 1. The number of carbonyl (C=O) groups excluding carboxylic acids is 1. The van der Waals surface area contributed by atoms with Gasteiger partial charge in [-0.05, 0) is 86.4 Å². The predicted octanol–water partition coefficient (Wildman–Crippen LogP) is 3.55. The number of benzene rings is 1. The predicted molar refractivity (Wildman–Crippen MR) is 112 cm³/mol. The van der Waals surface area contributed by atoms with Crippen LogP contribution in [0.2, 0.25) is 0 Å². The van der Waals surface area contributed by atoms with Crippen molar-refractivity contribution in [3.05, 3.63) is 51.8 Å². The number of hydrogen-bond donors (Lipinski definition) is 4. The van der Waals surface area contributed by atoms with Crippen molar-refractivity contribution in [3.8, 4) is 0 Å². The number of carbonyl (C=O) groups is 2. The number of piperidine rings is 1. The molecule has 1 fully saturated rings. The molecule has 1 aromatic carbocycles. The molecule has 0 bridgehead atoms. The minimum absolute atomic E-state index is 0.114. The monoisotopic (exact) mass is 391 g/mol. The fraction of sp³-hybridized carbons (Fsp3) is 0.391. The highest BCUT2D eigenvalue weighted by molar-refractivity contribution is 6.35. The van der Waals surface area contributed by atoms with E-state index in [2.05, 4.69) is 21.7 Å². The Morgan fingerprint density at radius 2 is 1.86 bits per heavy atom. The average molecular weight is 391 g/mol. The second-order valence-corrected chi connectivity index (χ2v) is 8.19. The highest BCUT2D eigenvalue weighted by atomic mass is 16.4. The Morgan fingerprint density at radius 1 is 1.10 bits per heavy atom. The van der Waals surface area contributed by atoms with Gasteiger partial charge in [0.2, 0.25) is 0 Å². The summed E-state index contributed by atoms with van der Waals surface area (Å²) in [7, 11) is 0. The Balaban J connectivity index is 1.63. The molecular formula is C23H25N3O3. The Labute approximate surface area is 169 Å². The summed E-state index contributed by atoms with van der Waals surface area (Å²) < 4.78 is 0. The Kier molecular flexibility index (Phi) is 4.51. The second-order valence-electron chi connectivity index (χ2n) is 8.19. The van der Waals surface area contributed by atoms with Gasteiger partial charge in [-0.2, -0.15) is 0 Å². The molecule has 29 heavy (non-hydrogen) atoms. The molecule has 1 aromatic heterocycles. The highest BCUT2D eigenvalue weighted by Gasteiger charge is 2.31. The van der Waals surface area contributed by atoms with Crippen LogP contribution in [0.15, 0.2) is 18.2 Å². The first-order valence-corrected chi connectivity index (χ1v) is 10.5. The Bertz CT molecular complexity index is 1030. The zero-order valence-electron chi connectivity index (χ0n) is 16.3. The molecule has 6 heteroatoms. The zero-order valence-corrected chi connectivity index (χ0v) is 16.3. The smallest absolute Gasteiger partial charge is 0.352 e. The van der Waals surface area contributed by atoms with Gasteiger partial charge in [-0.25, -0.2) is 4.79 Å². The number of amides is 1. The summed E-state index contributed by atoms with van der Waals surface area (Å²) >= 11 is 0. The van der Waals surface area contributed by atoms with Crippen LogP contribution < -0.4 is 10.6 Å². The second kappa shape index (κ2) is 7.19. The molecule has 0 radical (unpaired) electrons. The first-order valence-electron chi connectivity index (χ1n) is 10.5. The van der Waals surface area contributed by atoms with Crippen molar-refractivity contribution in [3.63, 3.8) is 0 Å². The van der Waals surface area contributed by atoms with Gasteiger partial charge in [0.15, 0.2) is 0 Å². The number of carboxylic acid groups (broad SMARTS) is 1. The van der Waals surface area contributed by atoms with Crippen molar-refractivity contribution in [2.45, 2.75) is 44.4 Å². The molecule has 3 aliphatic rings. The summed E-state index contributed by atoms with van der Waals surface area (Å²) in [6.45, 7) is 1.97. The minimum Gasteiger partial charge on any atom is -0.477 e. The van der Waals surface area contributed by atoms with E-state index >= 15 is 0 Å². The van der Waals surface area contributed by atoms with Gasteiger partial charge in [0.1, 0.15) is 5.69 Å². The van der Waals surface area contributed by atoms with Crippen LogP contribution >= 0.6 is 0 Å². The van der Waals surface area contributed by atoms with Gasteiger partial charge in [0, 0.05) is 16.9 Å². The van der Waals surface area contributed by atoms with E-state index in [1.54, 1.807) is 0 Å². The maximum Gasteiger partial charge on any atom is 0.352 e. The van der Waals surface area contributed by atoms with Gasteiger partial charge in [-0.1, -0.05) is 12.1 Å². The number of carboxylic acids is 1. The summed E-state index contributed by atoms with van der Waals surface area (Å²) in [5.74, 6) is -0.619. The van der Waals surface area contributed by atoms with E-state index in [1.807, 2.05) is 18.2 Å². The van der Waals surface area contributed by atoms with Gasteiger partial charge in [-0.3, -0.25) is 4.79 Å². The average Bonchev–Trinajstić information content (AvgIpc) is 3.27. The van der Waals surface area contributed by atoms with Crippen LogP contribution in [0.4, 0.5) is 5.69 Å². The third kappa shape index (κ3) is 3.08. The SMILES string of the molecule is O=C1Nc2cccc(C3CCNCC3)c2C1=Cc1[nH]c(C(=O)O)c2c1CCCC2. The third-order valence-electron chi connectivity index (χ3n) is 6.49. The van der Waals surface area contributed by atoms with Crippen molar-refractivity contribution in [1.82, 2.24) is 10.3 Å². The molecular weight excluding hydrogens is 366 g/mol. The molecule has 1 aliphatic carbocycles. The third-order valence-corrected chi connectivity index (χ3v) is 6.49. The molecule has 0 atom stereocenters. The van der Waals surface area contributed by atoms with Crippen LogP contribution in [0.3, 0.4) is 0 Å². The number of nitrogens with one attached hydrogen (secondary N) is 3. The maximum absolute atomic E-state index is 12.9. The number of aromatic amines is 1. The molecule has 2 aromatic rings. The number of hydrogen-bond acceptors (Lipinski definition) is 3. The van der Waals surface area contributed by atoms with Crippen LogP contribution in [-0.4, -0.2) is 35.1 Å². The lowest BCUT2D eigenvalue weighted by Gasteiger charge is -2.25. The van der Waals surface area contributed by atoms with E-state index in [0.717, 1.165) is 79.7 Å². The van der Waals surface area contributed by atoms with Crippen LogP contribution in [0.25, 0.3) is 11.6 Å². The molecule has 0 unspecified atom stereocenters. The van der Waals surface area contributed by atoms with Crippen LogP contribution in [0.1, 0.15) is 70.0 Å². The molecule has 6 nitrogen and oxygen atoms in total. The normalized spacial score (nSPS) is 20.4. The van der Waals surface area contributed by atoms with E-state index in [1.165, 1.54) is 5.56 Å². The van der Waals surface area contributed by atoms with Crippen molar-refractivity contribution < 1.29 is 14.7 Å². The van der Waals surface area contributed by atoms with E-state index in [9.17, 15) is 14.7 Å². The topological polar surface area (TPSA) is 94.2 Å². The van der Waals surface area contributed by atoms with Gasteiger partial charge in [0.05, 0.1) is 5.57 Å². The largest absolute Gasteiger partial charge is 0.477 e. The molecule has 0 spiro atoms. The number of H-pyrrole nitrogens is 1. The van der Waals surface area contributed by atoms with Crippen molar-refractivity contribution in [1.29, 1.82) is 0 Å². The summed E-state index contributed by atoms with van der Waals surface area (Å²) in [6.07, 6.45) is 7.66. The van der Waals surface area contributed by atoms with Crippen LogP contribution in [0, 0.1) is 0 Å². The molecule has 4 N–H and O–H groups in total. The van der Waals surface area contributed by atoms with E-state index in [-0.39, 0.29) is 11.6 Å². The summed E-state index contributed by atoms with van der Waals surface area (Å²) in [5, 5.41) is 16.0. The van der Waals surface area contributed by atoms with Crippen molar-refractivity contribution in [2.24, 2.45) is 0 Å². The number of aromatic nitrogens is 1. The molecule has 1 saturated heterocycles. The van der Waals surface area contributed by atoms with E-state index in [0.29, 0.717) is 11.5 Å². The summed E-state index contributed by atoms with van der Waals surface area (Å²) in [6, 6.07) is 6.10. The highest BCUT2D eigenvalue weighted by Crippen LogP contribution is 2.41. The lowest BCUT2D eigenvalue weighted by Crippen LogP contribution is -2.27. The van der Waals surface area contributed by atoms with Crippen LogP contribution in [0.5, 0.6) is 0 Å². The fourth-order valence-corrected chi connectivity index (χ4v) is 5.10.